The molecule has 2 rings (SSSR count). The van der Waals surface area contributed by atoms with Crippen LogP contribution in [-0.4, -0.2) is 41.6 Å². The Bertz CT molecular complexity index is 356. The molecule has 5 heteroatoms. The Morgan fingerprint density at radius 1 is 1.31 bits per heavy atom. The molecule has 1 fully saturated rings. The molecule has 0 spiro atoms. The van der Waals surface area contributed by atoms with Crippen LogP contribution in [0, 0.1) is 0 Å². The lowest BCUT2D eigenvalue weighted by Gasteiger charge is -2.35. The summed E-state index contributed by atoms with van der Waals surface area (Å²) in [6.07, 6.45) is 4.19. The van der Waals surface area contributed by atoms with E-state index in [1.165, 1.54) is 0 Å². The molecule has 0 aliphatic carbocycles. The van der Waals surface area contributed by atoms with E-state index in [4.69, 9.17) is 4.74 Å². The van der Waals surface area contributed by atoms with Crippen LogP contribution in [0.3, 0.4) is 0 Å². The van der Waals surface area contributed by atoms with Crippen molar-refractivity contribution in [2.75, 3.05) is 18.0 Å². The number of carbonyl (C=O) groups is 1. The first kappa shape index (κ1) is 11.0. The van der Waals surface area contributed by atoms with Gasteiger partial charge in [-0.2, -0.15) is 0 Å². The van der Waals surface area contributed by atoms with Crippen molar-refractivity contribution in [2.45, 2.75) is 26.1 Å². The van der Waals surface area contributed by atoms with Gasteiger partial charge in [0.15, 0.2) is 6.29 Å². The van der Waals surface area contributed by atoms with Crippen molar-refractivity contribution in [2.24, 2.45) is 0 Å². The Balaban J connectivity index is 2.13. The monoisotopic (exact) mass is 221 g/mol. The average Bonchev–Trinajstić information content (AvgIpc) is 2.28. The number of hydrogen-bond acceptors (Lipinski definition) is 5. The summed E-state index contributed by atoms with van der Waals surface area (Å²) in [6.45, 7) is 5.63. The van der Waals surface area contributed by atoms with Gasteiger partial charge in [-0.05, 0) is 13.8 Å². The number of rotatable bonds is 2. The number of nitrogens with zero attached hydrogens (tertiary/aromatic N) is 3. The fourth-order valence-corrected chi connectivity index (χ4v) is 1.90. The van der Waals surface area contributed by atoms with Crippen molar-refractivity contribution in [1.29, 1.82) is 0 Å². The quantitative estimate of drug-likeness (QED) is 0.694. The lowest BCUT2D eigenvalue weighted by atomic mass is 10.2. The molecule has 0 aromatic carbocycles. The van der Waals surface area contributed by atoms with E-state index in [1.54, 1.807) is 12.4 Å². The maximum Gasteiger partial charge on any atom is 0.225 e. The SMILES string of the molecule is C[C@@H]1CN(c2ncc(C=O)cn2)C[C@H](C)O1. The number of aldehydes is 1. The number of carbonyl (C=O) groups excluding carboxylic acids is 1. The zero-order chi connectivity index (χ0) is 11.5. The highest BCUT2D eigenvalue weighted by atomic mass is 16.5. The van der Waals surface area contributed by atoms with Gasteiger partial charge in [0.2, 0.25) is 5.95 Å². The second-order valence-corrected chi connectivity index (χ2v) is 4.10. The second kappa shape index (κ2) is 4.57. The third-order valence-corrected chi connectivity index (χ3v) is 2.50. The smallest absolute Gasteiger partial charge is 0.225 e. The third kappa shape index (κ3) is 2.36. The highest BCUT2D eigenvalue weighted by molar-refractivity contribution is 5.73. The van der Waals surface area contributed by atoms with E-state index in [0.717, 1.165) is 19.4 Å². The summed E-state index contributed by atoms with van der Waals surface area (Å²) in [5.41, 5.74) is 0.498. The molecule has 2 heterocycles. The van der Waals surface area contributed by atoms with Gasteiger partial charge in [-0.3, -0.25) is 4.79 Å². The zero-order valence-corrected chi connectivity index (χ0v) is 9.46. The Morgan fingerprint density at radius 2 is 1.88 bits per heavy atom. The summed E-state index contributed by atoms with van der Waals surface area (Å²) in [4.78, 5) is 20.9. The van der Waals surface area contributed by atoms with Crippen LogP contribution in [0.5, 0.6) is 0 Å². The molecule has 0 unspecified atom stereocenters. The highest BCUT2D eigenvalue weighted by Gasteiger charge is 2.23. The maximum atomic E-state index is 10.5. The van der Waals surface area contributed by atoms with Gasteiger partial charge in [-0.15, -0.1) is 0 Å². The van der Waals surface area contributed by atoms with Gasteiger partial charge in [-0.1, -0.05) is 0 Å². The van der Waals surface area contributed by atoms with Gasteiger partial charge in [-0.25, -0.2) is 9.97 Å². The van der Waals surface area contributed by atoms with E-state index in [0.29, 0.717) is 11.5 Å². The molecule has 1 saturated heterocycles. The molecular formula is C11H15N3O2. The Labute approximate surface area is 94.5 Å². The molecule has 5 nitrogen and oxygen atoms in total. The molecule has 0 amide bonds. The fraction of sp³-hybridized carbons (Fsp3) is 0.545. The van der Waals surface area contributed by atoms with Crippen molar-refractivity contribution in [3.8, 4) is 0 Å². The molecule has 1 aliphatic heterocycles. The van der Waals surface area contributed by atoms with Crippen LogP contribution >= 0.6 is 0 Å². The van der Waals surface area contributed by atoms with Gasteiger partial charge in [0.05, 0.1) is 17.8 Å². The Hall–Kier alpha value is -1.49. The van der Waals surface area contributed by atoms with E-state index in [2.05, 4.69) is 14.9 Å². The van der Waals surface area contributed by atoms with Crippen LogP contribution < -0.4 is 4.90 Å². The van der Waals surface area contributed by atoms with Crippen LogP contribution in [0.2, 0.25) is 0 Å². The molecule has 2 atom stereocenters. The second-order valence-electron chi connectivity index (χ2n) is 4.10. The van der Waals surface area contributed by atoms with Crippen LogP contribution in [0.4, 0.5) is 5.95 Å². The number of morpholine rings is 1. The van der Waals surface area contributed by atoms with Crippen LogP contribution in [0.15, 0.2) is 12.4 Å². The van der Waals surface area contributed by atoms with Crippen molar-refractivity contribution >= 4 is 12.2 Å². The predicted molar refractivity (Wildman–Crippen MR) is 59.6 cm³/mol. The molecule has 0 radical (unpaired) electrons. The summed E-state index contributed by atoms with van der Waals surface area (Å²) in [5.74, 6) is 0.660. The lowest BCUT2D eigenvalue weighted by molar-refractivity contribution is -0.00572. The largest absolute Gasteiger partial charge is 0.372 e. The molecule has 0 saturated carbocycles. The summed E-state index contributed by atoms with van der Waals surface area (Å²) in [6, 6.07) is 0. The van der Waals surface area contributed by atoms with E-state index < -0.39 is 0 Å². The topological polar surface area (TPSA) is 55.3 Å². The molecule has 0 N–H and O–H groups in total. The van der Waals surface area contributed by atoms with E-state index in [1.807, 2.05) is 13.8 Å². The summed E-state index contributed by atoms with van der Waals surface area (Å²) < 4.78 is 5.63. The third-order valence-electron chi connectivity index (χ3n) is 2.50. The Kier molecular flexibility index (Phi) is 3.14. The number of hydrogen-bond donors (Lipinski definition) is 0. The van der Waals surface area contributed by atoms with Gasteiger partial charge >= 0.3 is 0 Å². The number of aromatic nitrogens is 2. The van der Waals surface area contributed by atoms with E-state index >= 15 is 0 Å². The van der Waals surface area contributed by atoms with Crippen LogP contribution in [-0.2, 0) is 4.74 Å². The van der Waals surface area contributed by atoms with Crippen LogP contribution in [0.25, 0.3) is 0 Å². The highest BCUT2D eigenvalue weighted by Crippen LogP contribution is 2.15. The number of anilines is 1. The zero-order valence-electron chi connectivity index (χ0n) is 9.46. The standard InChI is InChI=1S/C11H15N3O2/c1-8-5-14(6-9(2)16-8)11-12-3-10(7-15)4-13-11/h3-4,7-9H,5-6H2,1-2H3/t8-,9+. The van der Waals surface area contributed by atoms with Crippen molar-refractivity contribution in [3.63, 3.8) is 0 Å². The van der Waals surface area contributed by atoms with Gasteiger partial charge < -0.3 is 9.64 Å². The van der Waals surface area contributed by atoms with E-state index in [-0.39, 0.29) is 12.2 Å². The number of ether oxygens (including phenoxy) is 1. The fourth-order valence-electron chi connectivity index (χ4n) is 1.90. The molecule has 0 bridgehead atoms. The van der Waals surface area contributed by atoms with Crippen molar-refractivity contribution in [1.82, 2.24) is 9.97 Å². The molecule has 1 aromatic rings. The molecule has 16 heavy (non-hydrogen) atoms. The molecule has 1 aromatic heterocycles. The van der Waals surface area contributed by atoms with Crippen molar-refractivity contribution < 1.29 is 9.53 Å². The minimum Gasteiger partial charge on any atom is -0.372 e. The minimum absolute atomic E-state index is 0.179. The van der Waals surface area contributed by atoms with Gasteiger partial charge in [0, 0.05) is 25.5 Å². The minimum atomic E-state index is 0.179. The summed E-state index contributed by atoms with van der Waals surface area (Å²) in [5, 5.41) is 0. The van der Waals surface area contributed by atoms with Gasteiger partial charge in [0.25, 0.3) is 0 Å². The van der Waals surface area contributed by atoms with Crippen LogP contribution in [0.1, 0.15) is 24.2 Å². The Morgan fingerprint density at radius 3 is 2.38 bits per heavy atom. The van der Waals surface area contributed by atoms with E-state index in [9.17, 15) is 4.79 Å². The first-order valence-electron chi connectivity index (χ1n) is 5.36. The average molecular weight is 221 g/mol. The predicted octanol–water partition coefficient (Wildman–Crippen LogP) is 0.903. The summed E-state index contributed by atoms with van der Waals surface area (Å²) in [7, 11) is 0. The normalized spacial score (nSPS) is 25.5. The molecule has 86 valence electrons. The lowest BCUT2D eigenvalue weighted by Crippen LogP contribution is -2.46. The molecular weight excluding hydrogens is 206 g/mol. The van der Waals surface area contributed by atoms with Crippen molar-refractivity contribution in [3.05, 3.63) is 18.0 Å². The summed E-state index contributed by atoms with van der Waals surface area (Å²) >= 11 is 0. The van der Waals surface area contributed by atoms with Gasteiger partial charge in [0.1, 0.15) is 0 Å². The first-order chi connectivity index (χ1) is 7.69. The molecule has 1 aliphatic rings. The first-order valence-corrected chi connectivity index (χ1v) is 5.36. The maximum absolute atomic E-state index is 10.5.